The lowest BCUT2D eigenvalue weighted by atomic mass is 9.75. The van der Waals surface area contributed by atoms with E-state index in [4.69, 9.17) is 5.73 Å². The number of carboxylic acids is 1. The molecule has 0 aromatic heterocycles. The van der Waals surface area contributed by atoms with Crippen LogP contribution >= 0.6 is 0 Å². The normalized spacial score (nSPS) is 38.5. The van der Waals surface area contributed by atoms with Crippen molar-refractivity contribution >= 4 is 11.8 Å². The Balaban J connectivity index is 2.23. The molecular weight excluding hydrogens is 218 g/mol. The van der Waals surface area contributed by atoms with E-state index >= 15 is 0 Å². The number of nitrogens with two attached hydrogens (primary N) is 1. The van der Waals surface area contributed by atoms with E-state index in [1.165, 1.54) is 6.42 Å². The van der Waals surface area contributed by atoms with Gasteiger partial charge in [0, 0.05) is 5.92 Å². The Hall–Kier alpha value is -0.900. The van der Waals surface area contributed by atoms with Crippen molar-refractivity contribution in [2.24, 2.45) is 29.4 Å². The molecule has 5 atom stereocenters. The van der Waals surface area contributed by atoms with Crippen LogP contribution in [0, 0.1) is 23.7 Å². The van der Waals surface area contributed by atoms with Crippen LogP contribution < -0.4 is 5.73 Å². The summed E-state index contributed by atoms with van der Waals surface area (Å²) in [6.07, 6.45) is 5.04. The Bertz CT molecular complexity index is 327. The molecule has 0 bridgehead atoms. The minimum absolute atomic E-state index is 0.0493. The first-order valence-electron chi connectivity index (χ1n) is 6.54. The van der Waals surface area contributed by atoms with Gasteiger partial charge in [-0.05, 0) is 31.6 Å². The van der Waals surface area contributed by atoms with E-state index in [2.05, 4.69) is 0 Å². The van der Waals surface area contributed by atoms with Crippen LogP contribution in [-0.2, 0) is 9.59 Å². The van der Waals surface area contributed by atoms with Crippen LogP contribution in [0.15, 0.2) is 0 Å². The van der Waals surface area contributed by atoms with Gasteiger partial charge < -0.3 is 10.8 Å². The number of carbonyl (C=O) groups excluding carboxylic acids is 1. The van der Waals surface area contributed by atoms with Gasteiger partial charge in [-0.15, -0.1) is 0 Å². The lowest BCUT2D eigenvalue weighted by Gasteiger charge is -2.29. The summed E-state index contributed by atoms with van der Waals surface area (Å²) < 4.78 is 0. The van der Waals surface area contributed by atoms with Crippen molar-refractivity contribution in [2.75, 3.05) is 0 Å². The number of aliphatic carboxylic acids is 1. The zero-order valence-electron chi connectivity index (χ0n) is 10.3. The van der Waals surface area contributed by atoms with Gasteiger partial charge in [0.15, 0.2) is 5.78 Å². The molecule has 4 heteroatoms. The van der Waals surface area contributed by atoms with Crippen LogP contribution in [0.3, 0.4) is 0 Å². The lowest BCUT2D eigenvalue weighted by Crippen LogP contribution is -2.40. The van der Waals surface area contributed by atoms with Gasteiger partial charge in [-0.2, -0.15) is 0 Å². The van der Waals surface area contributed by atoms with Gasteiger partial charge in [-0.1, -0.05) is 19.3 Å². The number of hydrogen-bond acceptors (Lipinski definition) is 3. The van der Waals surface area contributed by atoms with E-state index in [1.54, 1.807) is 6.92 Å². The Morgan fingerprint density at radius 1 is 1.29 bits per heavy atom. The first kappa shape index (κ1) is 12.6. The Kier molecular flexibility index (Phi) is 3.52. The average molecular weight is 239 g/mol. The van der Waals surface area contributed by atoms with Crippen molar-refractivity contribution < 1.29 is 14.7 Å². The molecule has 0 spiro atoms. The van der Waals surface area contributed by atoms with E-state index in [-0.39, 0.29) is 17.6 Å². The number of Topliss-reactive ketones (excluding diaryl/α,β-unsaturated/α-hetero) is 1. The van der Waals surface area contributed by atoms with Crippen LogP contribution in [0.5, 0.6) is 0 Å². The molecule has 1 unspecified atom stereocenters. The molecule has 0 radical (unpaired) electrons. The van der Waals surface area contributed by atoms with Gasteiger partial charge in [0.1, 0.15) is 0 Å². The van der Waals surface area contributed by atoms with Gasteiger partial charge in [0.2, 0.25) is 0 Å². The van der Waals surface area contributed by atoms with Crippen LogP contribution in [0.4, 0.5) is 0 Å². The quantitative estimate of drug-likeness (QED) is 0.780. The number of carboxylic acid groups (broad SMARTS) is 1. The van der Waals surface area contributed by atoms with E-state index < -0.39 is 17.9 Å². The number of ketones is 1. The van der Waals surface area contributed by atoms with Crippen LogP contribution in [0.2, 0.25) is 0 Å². The zero-order chi connectivity index (χ0) is 12.6. The van der Waals surface area contributed by atoms with Crippen LogP contribution in [0.25, 0.3) is 0 Å². The summed E-state index contributed by atoms with van der Waals surface area (Å²) in [5, 5.41) is 9.27. The minimum atomic E-state index is -0.821. The number of hydrogen-bond donors (Lipinski definition) is 2. The third kappa shape index (κ3) is 2.23. The maximum atomic E-state index is 12.1. The molecule has 0 saturated heterocycles. The number of fused-ring (bicyclic) bond motifs is 1. The average Bonchev–Trinajstić information content (AvgIpc) is 2.67. The summed E-state index contributed by atoms with van der Waals surface area (Å²) in [6.45, 7) is 1.66. The lowest BCUT2D eigenvalue weighted by molar-refractivity contribution is -0.146. The third-order valence-corrected chi connectivity index (χ3v) is 4.51. The molecule has 0 aliphatic heterocycles. The summed E-state index contributed by atoms with van der Waals surface area (Å²) in [5.74, 6) is -1.01. The molecule has 4 nitrogen and oxygen atoms in total. The second-order valence-corrected chi connectivity index (χ2v) is 5.61. The fraction of sp³-hybridized carbons (Fsp3) is 0.846. The molecule has 2 rings (SSSR count). The standard InChI is InChI=1S/C13H21NO3/c1-7(14)12(15)11-9-5-3-2-4-8(9)6-10(11)13(16)17/h7-11H,2-6,14H2,1H3,(H,16,17)/t7-,8-,9-,10+,11?/m0/s1. The number of rotatable bonds is 3. The topological polar surface area (TPSA) is 80.4 Å². The van der Waals surface area contributed by atoms with Gasteiger partial charge in [-0.25, -0.2) is 0 Å². The predicted molar refractivity (Wildman–Crippen MR) is 63.3 cm³/mol. The molecule has 2 saturated carbocycles. The molecule has 2 fully saturated rings. The molecule has 17 heavy (non-hydrogen) atoms. The predicted octanol–water partition coefficient (Wildman–Crippen LogP) is 1.43. The first-order chi connectivity index (χ1) is 8.02. The van der Waals surface area contributed by atoms with Crippen molar-refractivity contribution in [3.05, 3.63) is 0 Å². The summed E-state index contributed by atoms with van der Waals surface area (Å²) in [6, 6.07) is -0.539. The van der Waals surface area contributed by atoms with E-state index in [0.29, 0.717) is 12.3 Å². The molecule has 0 amide bonds. The highest BCUT2D eigenvalue weighted by molar-refractivity contribution is 5.90. The Morgan fingerprint density at radius 2 is 1.94 bits per heavy atom. The van der Waals surface area contributed by atoms with Crippen molar-refractivity contribution in [2.45, 2.75) is 45.1 Å². The zero-order valence-corrected chi connectivity index (χ0v) is 10.3. The maximum absolute atomic E-state index is 12.1. The van der Waals surface area contributed by atoms with Crippen molar-refractivity contribution in [3.8, 4) is 0 Å². The summed E-state index contributed by atoms with van der Waals surface area (Å²) >= 11 is 0. The van der Waals surface area contributed by atoms with Gasteiger partial charge in [0.25, 0.3) is 0 Å². The fourth-order valence-electron chi connectivity index (χ4n) is 3.74. The smallest absolute Gasteiger partial charge is 0.307 e. The van der Waals surface area contributed by atoms with Crippen molar-refractivity contribution in [3.63, 3.8) is 0 Å². The summed E-state index contributed by atoms with van der Waals surface area (Å²) in [5.41, 5.74) is 5.66. The van der Waals surface area contributed by atoms with E-state index in [0.717, 1.165) is 19.3 Å². The second kappa shape index (κ2) is 4.77. The Morgan fingerprint density at radius 3 is 2.53 bits per heavy atom. The Labute approximate surface area is 102 Å². The van der Waals surface area contributed by atoms with Gasteiger partial charge in [-0.3, -0.25) is 9.59 Å². The summed E-state index contributed by atoms with van der Waals surface area (Å²) in [7, 11) is 0. The first-order valence-corrected chi connectivity index (χ1v) is 6.54. The summed E-state index contributed by atoms with van der Waals surface area (Å²) in [4.78, 5) is 23.4. The highest BCUT2D eigenvalue weighted by atomic mass is 16.4. The molecule has 0 aromatic rings. The fourth-order valence-corrected chi connectivity index (χ4v) is 3.74. The SMILES string of the molecule is C[C@H](N)C(=O)C1[C@H]2CCCC[C@H]2C[C@H]1C(=O)O. The molecule has 0 heterocycles. The van der Waals surface area contributed by atoms with Gasteiger partial charge >= 0.3 is 5.97 Å². The monoisotopic (exact) mass is 239 g/mol. The highest BCUT2D eigenvalue weighted by Crippen LogP contribution is 2.49. The second-order valence-electron chi connectivity index (χ2n) is 5.61. The number of carbonyl (C=O) groups is 2. The molecule has 2 aliphatic rings. The molecule has 3 N–H and O–H groups in total. The van der Waals surface area contributed by atoms with E-state index in [1.807, 2.05) is 0 Å². The molecular formula is C13H21NO3. The minimum Gasteiger partial charge on any atom is -0.481 e. The van der Waals surface area contributed by atoms with Crippen molar-refractivity contribution in [1.82, 2.24) is 0 Å². The van der Waals surface area contributed by atoms with Crippen LogP contribution in [-0.4, -0.2) is 22.9 Å². The third-order valence-electron chi connectivity index (χ3n) is 4.51. The molecule has 0 aromatic carbocycles. The van der Waals surface area contributed by atoms with Gasteiger partial charge in [0.05, 0.1) is 12.0 Å². The maximum Gasteiger partial charge on any atom is 0.307 e. The van der Waals surface area contributed by atoms with E-state index in [9.17, 15) is 14.7 Å². The molecule has 96 valence electrons. The molecule has 2 aliphatic carbocycles. The largest absolute Gasteiger partial charge is 0.481 e. The van der Waals surface area contributed by atoms with Crippen molar-refractivity contribution in [1.29, 1.82) is 0 Å². The highest BCUT2D eigenvalue weighted by Gasteiger charge is 2.50. The van der Waals surface area contributed by atoms with Crippen LogP contribution in [0.1, 0.15) is 39.0 Å².